The maximum atomic E-state index is 12.0. The Kier molecular flexibility index (Phi) is 4.91. The number of amides is 1. The lowest BCUT2D eigenvalue weighted by atomic mass is 10.1. The van der Waals surface area contributed by atoms with E-state index in [1.54, 1.807) is 7.11 Å². The molecule has 1 aliphatic heterocycles. The highest BCUT2D eigenvalue weighted by atomic mass is 16.6. The van der Waals surface area contributed by atoms with Crippen molar-refractivity contribution < 1.29 is 14.3 Å². The van der Waals surface area contributed by atoms with Gasteiger partial charge in [0.15, 0.2) is 0 Å². The lowest BCUT2D eigenvalue weighted by Gasteiger charge is -2.39. The topological polar surface area (TPSA) is 42.0 Å². The van der Waals surface area contributed by atoms with Crippen molar-refractivity contribution in [1.29, 1.82) is 0 Å². The predicted octanol–water partition coefficient (Wildman–Crippen LogP) is 2.11. The van der Waals surface area contributed by atoms with Crippen LogP contribution >= 0.6 is 0 Å². The van der Waals surface area contributed by atoms with Gasteiger partial charge in [0.1, 0.15) is 5.60 Å². The zero-order chi connectivity index (χ0) is 14.8. The summed E-state index contributed by atoms with van der Waals surface area (Å²) < 4.78 is 11.0. The number of piperazine rings is 1. The number of rotatable bonds is 2. The minimum absolute atomic E-state index is 0.188. The van der Waals surface area contributed by atoms with E-state index in [-0.39, 0.29) is 6.09 Å². The molecule has 0 radical (unpaired) electrons. The van der Waals surface area contributed by atoms with Crippen molar-refractivity contribution in [3.8, 4) is 0 Å². The second kappa shape index (κ2) is 6.31. The molecule has 2 atom stereocenters. The van der Waals surface area contributed by atoms with Crippen LogP contribution in [0, 0.1) is 0 Å². The predicted molar refractivity (Wildman–Crippen MR) is 77.8 cm³/mol. The maximum Gasteiger partial charge on any atom is 0.410 e. The van der Waals surface area contributed by atoms with Gasteiger partial charge in [0, 0.05) is 39.3 Å². The summed E-state index contributed by atoms with van der Waals surface area (Å²) in [5.41, 5.74) is -0.416. The van der Waals surface area contributed by atoms with E-state index in [1.807, 2.05) is 25.7 Å². The quantitative estimate of drug-likeness (QED) is 0.779. The van der Waals surface area contributed by atoms with Crippen LogP contribution < -0.4 is 0 Å². The number of hydrogen-bond acceptors (Lipinski definition) is 4. The number of carbonyl (C=O) groups is 1. The number of nitrogens with zero attached hydrogens (tertiary/aromatic N) is 2. The van der Waals surface area contributed by atoms with E-state index in [9.17, 15) is 4.79 Å². The summed E-state index contributed by atoms with van der Waals surface area (Å²) in [6, 6.07) is 0.529. The third-order valence-corrected chi connectivity index (χ3v) is 4.16. The number of hydrogen-bond donors (Lipinski definition) is 0. The maximum absolute atomic E-state index is 12.0. The average molecular weight is 284 g/mol. The monoisotopic (exact) mass is 284 g/mol. The van der Waals surface area contributed by atoms with Crippen LogP contribution in [0.5, 0.6) is 0 Å². The van der Waals surface area contributed by atoms with E-state index in [2.05, 4.69) is 4.90 Å². The van der Waals surface area contributed by atoms with Gasteiger partial charge < -0.3 is 14.4 Å². The molecule has 0 aromatic carbocycles. The Morgan fingerprint density at radius 1 is 1.10 bits per heavy atom. The van der Waals surface area contributed by atoms with Crippen LogP contribution in [0.25, 0.3) is 0 Å². The van der Waals surface area contributed by atoms with Crippen molar-refractivity contribution in [2.24, 2.45) is 0 Å². The SMILES string of the molecule is CO[C@@H]1CCC[C@H]1N1CCN(C(=O)OC(C)(C)C)CC1. The molecule has 1 heterocycles. The first-order chi connectivity index (χ1) is 9.40. The molecule has 5 heteroatoms. The summed E-state index contributed by atoms with van der Waals surface area (Å²) in [6.45, 7) is 9.06. The molecule has 0 N–H and O–H groups in total. The molecular formula is C15H28N2O3. The van der Waals surface area contributed by atoms with Crippen molar-refractivity contribution in [2.45, 2.75) is 57.8 Å². The molecule has 1 saturated carbocycles. The number of carbonyl (C=O) groups excluding carboxylic acids is 1. The fourth-order valence-electron chi connectivity index (χ4n) is 3.16. The van der Waals surface area contributed by atoms with Crippen LogP contribution in [0.15, 0.2) is 0 Å². The first-order valence-corrected chi connectivity index (χ1v) is 7.65. The molecule has 5 nitrogen and oxygen atoms in total. The third-order valence-electron chi connectivity index (χ3n) is 4.16. The minimum atomic E-state index is -0.416. The van der Waals surface area contributed by atoms with Gasteiger partial charge in [0.05, 0.1) is 6.10 Å². The molecule has 1 saturated heterocycles. The van der Waals surface area contributed by atoms with Gasteiger partial charge >= 0.3 is 6.09 Å². The van der Waals surface area contributed by atoms with Gasteiger partial charge in [0.25, 0.3) is 0 Å². The number of ether oxygens (including phenoxy) is 2. The fraction of sp³-hybridized carbons (Fsp3) is 0.933. The molecule has 1 aliphatic carbocycles. The molecule has 0 bridgehead atoms. The Balaban J connectivity index is 1.82. The van der Waals surface area contributed by atoms with E-state index in [4.69, 9.17) is 9.47 Å². The first-order valence-electron chi connectivity index (χ1n) is 7.65. The lowest BCUT2D eigenvalue weighted by molar-refractivity contribution is -0.00731. The molecule has 0 aromatic heterocycles. The normalized spacial score (nSPS) is 28.7. The van der Waals surface area contributed by atoms with Gasteiger partial charge in [-0.2, -0.15) is 0 Å². The summed E-state index contributed by atoms with van der Waals surface area (Å²) >= 11 is 0. The number of methoxy groups -OCH3 is 1. The first kappa shape index (κ1) is 15.6. The van der Waals surface area contributed by atoms with E-state index < -0.39 is 5.60 Å². The Labute approximate surface area is 122 Å². The van der Waals surface area contributed by atoms with E-state index in [0.29, 0.717) is 12.1 Å². The molecule has 116 valence electrons. The van der Waals surface area contributed by atoms with Crippen molar-refractivity contribution in [3.05, 3.63) is 0 Å². The molecule has 1 amide bonds. The molecule has 2 rings (SSSR count). The van der Waals surface area contributed by atoms with Crippen molar-refractivity contribution in [2.75, 3.05) is 33.3 Å². The van der Waals surface area contributed by atoms with Crippen molar-refractivity contribution >= 4 is 6.09 Å². The average Bonchev–Trinajstić information content (AvgIpc) is 2.85. The zero-order valence-electron chi connectivity index (χ0n) is 13.2. The van der Waals surface area contributed by atoms with Crippen molar-refractivity contribution in [3.63, 3.8) is 0 Å². The smallest absolute Gasteiger partial charge is 0.410 e. The molecule has 0 unspecified atom stereocenters. The Bertz CT molecular complexity index is 333. The summed E-state index contributed by atoms with van der Waals surface area (Å²) in [5.74, 6) is 0. The summed E-state index contributed by atoms with van der Waals surface area (Å²) in [5, 5.41) is 0. The van der Waals surface area contributed by atoms with Crippen LogP contribution in [0.2, 0.25) is 0 Å². The largest absolute Gasteiger partial charge is 0.444 e. The second-order valence-electron chi connectivity index (χ2n) is 6.78. The van der Waals surface area contributed by atoms with E-state index in [1.165, 1.54) is 12.8 Å². The molecule has 20 heavy (non-hydrogen) atoms. The molecular weight excluding hydrogens is 256 g/mol. The van der Waals surface area contributed by atoms with E-state index >= 15 is 0 Å². The summed E-state index contributed by atoms with van der Waals surface area (Å²) in [7, 11) is 1.81. The highest BCUT2D eigenvalue weighted by Crippen LogP contribution is 2.27. The van der Waals surface area contributed by atoms with Crippen LogP contribution in [0.4, 0.5) is 4.79 Å². The third kappa shape index (κ3) is 3.85. The molecule has 0 aromatic rings. The van der Waals surface area contributed by atoms with Crippen LogP contribution in [-0.2, 0) is 9.47 Å². The fourth-order valence-corrected chi connectivity index (χ4v) is 3.16. The van der Waals surface area contributed by atoms with Gasteiger partial charge in [-0.3, -0.25) is 4.90 Å². The van der Waals surface area contributed by atoms with Crippen LogP contribution in [0.1, 0.15) is 40.0 Å². The minimum Gasteiger partial charge on any atom is -0.444 e. The van der Waals surface area contributed by atoms with E-state index in [0.717, 1.165) is 32.6 Å². The standard InChI is InChI=1S/C15H28N2O3/c1-15(2,3)20-14(18)17-10-8-16(9-11-17)12-6-5-7-13(12)19-4/h12-13H,5-11H2,1-4H3/t12-,13-/m1/s1. The Morgan fingerprint density at radius 2 is 1.75 bits per heavy atom. The zero-order valence-corrected chi connectivity index (χ0v) is 13.2. The summed E-state index contributed by atoms with van der Waals surface area (Å²) in [6.07, 6.45) is 3.79. The lowest BCUT2D eigenvalue weighted by Crippen LogP contribution is -2.54. The molecule has 0 spiro atoms. The summed E-state index contributed by atoms with van der Waals surface area (Å²) in [4.78, 5) is 16.3. The van der Waals surface area contributed by atoms with Gasteiger partial charge in [-0.15, -0.1) is 0 Å². The van der Waals surface area contributed by atoms with Gasteiger partial charge in [-0.25, -0.2) is 4.79 Å². The molecule has 2 aliphatic rings. The highest BCUT2D eigenvalue weighted by Gasteiger charge is 2.35. The highest BCUT2D eigenvalue weighted by molar-refractivity contribution is 5.68. The Morgan fingerprint density at radius 3 is 2.30 bits per heavy atom. The Hall–Kier alpha value is -0.810. The van der Waals surface area contributed by atoms with Crippen LogP contribution in [-0.4, -0.2) is 66.9 Å². The molecule has 2 fully saturated rings. The van der Waals surface area contributed by atoms with Crippen LogP contribution in [0.3, 0.4) is 0 Å². The van der Waals surface area contributed by atoms with Gasteiger partial charge in [-0.1, -0.05) is 0 Å². The van der Waals surface area contributed by atoms with Gasteiger partial charge in [-0.05, 0) is 40.0 Å². The second-order valence-corrected chi connectivity index (χ2v) is 6.78. The van der Waals surface area contributed by atoms with Crippen molar-refractivity contribution in [1.82, 2.24) is 9.80 Å². The van der Waals surface area contributed by atoms with Gasteiger partial charge in [0.2, 0.25) is 0 Å².